The van der Waals surface area contributed by atoms with Crippen LogP contribution in [0.4, 0.5) is 0 Å². The first-order chi connectivity index (χ1) is 12.3. The van der Waals surface area contributed by atoms with Crippen LogP contribution in [0.2, 0.25) is 0 Å². The molecule has 4 rings (SSSR count). The van der Waals surface area contributed by atoms with E-state index in [2.05, 4.69) is 72.0 Å². The lowest BCUT2D eigenvalue weighted by molar-refractivity contribution is 0.103. The molecule has 1 fully saturated rings. The fourth-order valence-electron chi connectivity index (χ4n) is 4.09. The summed E-state index contributed by atoms with van der Waals surface area (Å²) in [5.41, 5.74) is 4.84. The lowest BCUT2D eigenvalue weighted by Crippen LogP contribution is -2.37. The number of likely N-dealkylation sites (tertiary alicyclic amines) is 1. The fraction of sp³-hybridized carbons (Fsp3) is 0.409. The van der Waals surface area contributed by atoms with E-state index >= 15 is 0 Å². The Morgan fingerprint density at radius 2 is 1.76 bits per heavy atom. The van der Waals surface area contributed by atoms with Crippen molar-refractivity contribution in [3.63, 3.8) is 0 Å². The van der Waals surface area contributed by atoms with Crippen molar-refractivity contribution in [2.45, 2.75) is 45.7 Å². The number of hydrogen-bond acceptors (Lipinski definition) is 2. The number of aryl methyl sites for hydroxylation is 1. The summed E-state index contributed by atoms with van der Waals surface area (Å²) in [6.07, 6.45) is 5.41. The predicted molar refractivity (Wildman–Crippen MR) is 105 cm³/mol. The highest BCUT2D eigenvalue weighted by molar-refractivity contribution is 5.93. The van der Waals surface area contributed by atoms with Crippen molar-refractivity contribution in [1.82, 2.24) is 14.7 Å². The van der Waals surface area contributed by atoms with Crippen LogP contribution >= 0.6 is 0 Å². The van der Waals surface area contributed by atoms with Crippen molar-refractivity contribution >= 4 is 10.9 Å². The molecule has 1 unspecified atom stereocenters. The molecule has 1 aliphatic heterocycles. The minimum absolute atomic E-state index is 0.350. The topological polar surface area (TPSA) is 21.1 Å². The number of benzene rings is 2. The summed E-state index contributed by atoms with van der Waals surface area (Å²) >= 11 is 0. The lowest BCUT2D eigenvalue weighted by atomic mass is 10.1. The Balaban J connectivity index is 1.86. The van der Waals surface area contributed by atoms with E-state index in [9.17, 15) is 0 Å². The monoisotopic (exact) mass is 333 g/mol. The molecule has 0 saturated carbocycles. The number of piperidine rings is 1. The van der Waals surface area contributed by atoms with Crippen molar-refractivity contribution in [2.24, 2.45) is 0 Å². The summed E-state index contributed by atoms with van der Waals surface area (Å²) in [4.78, 5) is 2.62. The summed E-state index contributed by atoms with van der Waals surface area (Å²) in [6, 6.07) is 17.3. The number of nitrogens with zero attached hydrogens (tertiary/aromatic N) is 3. The second-order valence-electron chi connectivity index (χ2n) is 7.17. The Bertz CT molecular complexity index is 844. The van der Waals surface area contributed by atoms with Gasteiger partial charge in [0.2, 0.25) is 0 Å². The van der Waals surface area contributed by atoms with Crippen LogP contribution in [0.25, 0.3) is 22.2 Å². The van der Waals surface area contributed by atoms with E-state index in [4.69, 9.17) is 5.10 Å². The van der Waals surface area contributed by atoms with E-state index < -0.39 is 0 Å². The largest absolute Gasteiger partial charge is 0.282 e. The molecule has 2 aromatic carbocycles. The minimum Gasteiger partial charge on any atom is -0.282 e. The van der Waals surface area contributed by atoms with Crippen LogP contribution in [0.15, 0.2) is 48.5 Å². The smallest absolute Gasteiger partial charge is 0.104 e. The quantitative estimate of drug-likeness (QED) is 0.637. The van der Waals surface area contributed by atoms with Crippen LogP contribution in [-0.2, 0) is 0 Å². The van der Waals surface area contributed by atoms with Gasteiger partial charge in [0.1, 0.15) is 11.9 Å². The third-order valence-electron chi connectivity index (χ3n) is 5.37. The standard InChI is InChI=1S/C22H27N3/c1-3-21(24-14-8-5-9-15-24)25-20-13-12-17(2)16-19(20)22(23-25)18-10-6-4-7-11-18/h4,6-7,10-13,16,21H,3,5,8-9,14-15H2,1-2H3. The van der Waals surface area contributed by atoms with Crippen LogP contribution in [0.3, 0.4) is 0 Å². The second kappa shape index (κ2) is 7.01. The summed E-state index contributed by atoms with van der Waals surface area (Å²) in [5.74, 6) is 0. The van der Waals surface area contributed by atoms with E-state index in [0.29, 0.717) is 6.17 Å². The summed E-state index contributed by atoms with van der Waals surface area (Å²) in [7, 11) is 0. The molecule has 0 spiro atoms. The molecular weight excluding hydrogens is 306 g/mol. The molecule has 0 bridgehead atoms. The normalized spacial score (nSPS) is 17.0. The highest BCUT2D eigenvalue weighted by Gasteiger charge is 2.24. The van der Waals surface area contributed by atoms with E-state index in [1.807, 2.05) is 0 Å². The molecule has 0 radical (unpaired) electrons. The van der Waals surface area contributed by atoms with E-state index in [-0.39, 0.29) is 0 Å². The van der Waals surface area contributed by atoms with Gasteiger partial charge in [0.05, 0.1) is 5.52 Å². The van der Waals surface area contributed by atoms with Gasteiger partial charge in [-0.3, -0.25) is 4.90 Å². The van der Waals surface area contributed by atoms with Crippen LogP contribution < -0.4 is 0 Å². The van der Waals surface area contributed by atoms with Crippen LogP contribution in [-0.4, -0.2) is 27.8 Å². The molecule has 2 heterocycles. The molecule has 1 atom stereocenters. The Morgan fingerprint density at radius 3 is 2.48 bits per heavy atom. The van der Waals surface area contributed by atoms with Gasteiger partial charge in [-0.15, -0.1) is 0 Å². The van der Waals surface area contributed by atoms with Crippen molar-refractivity contribution in [3.05, 3.63) is 54.1 Å². The van der Waals surface area contributed by atoms with Gasteiger partial charge in [0.15, 0.2) is 0 Å². The summed E-state index contributed by atoms with van der Waals surface area (Å²) in [6.45, 7) is 6.81. The van der Waals surface area contributed by atoms with E-state index in [1.54, 1.807) is 0 Å². The molecule has 1 aromatic heterocycles. The van der Waals surface area contributed by atoms with Gasteiger partial charge in [0, 0.05) is 24.0 Å². The van der Waals surface area contributed by atoms with Crippen molar-refractivity contribution in [3.8, 4) is 11.3 Å². The number of fused-ring (bicyclic) bond motifs is 1. The average molecular weight is 333 g/mol. The highest BCUT2D eigenvalue weighted by Crippen LogP contribution is 2.33. The molecule has 130 valence electrons. The zero-order valence-electron chi connectivity index (χ0n) is 15.3. The zero-order valence-corrected chi connectivity index (χ0v) is 15.3. The number of rotatable bonds is 4. The molecule has 25 heavy (non-hydrogen) atoms. The van der Waals surface area contributed by atoms with Crippen molar-refractivity contribution < 1.29 is 0 Å². The Hall–Kier alpha value is -2.13. The number of hydrogen-bond donors (Lipinski definition) is 0. The Labute approximate surface area is 150 Å². The van der Waals surface area contributed by atoms with Crippen LogP contribution in [0.1, 0.15) is 44.3 Å². The second-order valence-corrected chi connectivity index (χ2v) is 7.17. The van der Waals surface area contributed by atoms with Gasteiger partial charge >= 0.3 is 0 Å². The first-order valence-electron chi connectivity index (χ1n) is 9.56. The first-order valence-corrected chi connectivity index (χ1v) is 9.56. The SMILES string of the molecule is CCC(N1CCCCC1)n1nc(-c2ccccc2)c2cc(C)ccc21. The third-order valence-corrected chi connectivity index (χ3v) is 5.37. The molecule has 3 heteroatoms. The lowest BCUT2D eigenvalue weighted by Gasteiger charge is -2.34. The molecule has 3 nitrogen and oxygen atoms in total. The summed E-state index contributed by atoms with van der Waals surface area (Å²) in [5, 5.41) is 6.39. The molecule has 0 amide bonds. The van der Waals surface area contributed by atoms with Crippen LogP contribution in [0.5, 0.6) is 0 Å². The maximum Gasteiger partial charge on any atom is 0.104 e. The molecule has 0 aliphatic carbocycles. The van der Waals surface area contributed by atoms with Gasteiger partial charge < -0.3 is 0 Å². The highest BCUT2D eigenvalue weighted by atomic mass is 15.4. The van der Waals surface area contributed by atoms with Gasteiger partial charge in [-0.25, -0.2) is 4.68 Å². The van der Waals surface area contributed by atoms with Gasteiger partial charge in [0.25, 0.3) is 0 Å². The third kappa shape index (κ3) is 3.09. The zero-order chi connectivity index (χ0) is 17.2. The number of aromatic nitrogens is 2. The molecule has 1 aliphatic rings. The maximum absolute atomic E-state index is 5.12. The van der Waals surface area contributed by atoms with Crippen LogP contribution in [0, 0.1) is 6.92 Å². The van der Waals surface area contributed by atoms with E-state index in [0.717, 1.165) is 12.1 Å². The van der Waals surface area contributed by atoms with Crippen molar-refractivity contribution in [2.75, 3.05) is 13.1 Å². The molecule has 0 N–H and O–H groups in total. The van der Waals surface area contributed by atoms with Gasteiger partial charge in [-0.1, -0.05) is 55.3 Å². The summed E-state index contributed by atoms with van der Waals surface area (Å²) < 4.78 is 2.28. The Kier molecular flexibility index (Phi) is 4.58. The maximum atomic E-state index is 5.12. The molecular formula is C22H27N3. The molecule has 3 aromatic rings. The molecule has 1 saturated heterocycles. The average Bonchev–Trinajstić information content (AvgIpc) is 3.02. The van der Waals surface area contributed by atoms with Crippen molar-refractivity contribution in [1.29, 1.82) is 0 Å². The van der Waals surface area contributed by atoms with Gasteiger partial charge in [-0.2, -0.15) is 5.10 Å². The predicted octanol–water partition coefficient (Wildman–Crippen LogP) is 5.41. The van der Waals surface area contributed by atoms with Gasteiger partial charge in [-0.05, 0) is 38.3 Å². The van der Waals surface area contributed by atoms with E-state index in [1.165, 1.54) is 54.4 Å². The first kappa shape index (κ1) is 16.3. The minimum atomic E-state index is 0.350. The fourth-order valence-corrected chi connectivity index (χ4v) is 4.09. The Morgan fingerprint density at radius 1 is 1.00 bits per heavy atom.